The van der Waals surface area contributed by atoms with E-state index in [9.17, 15) is 10.4 Å². The van der Waals surface area contributed by atoms with Crippen molar-refractivity contribution in [1.82, 2.24) is 24.1 Å². The monoisotopic (exact) mass is 476 g/mol. The summed E-state index contributed by atoms with van der Waals surface area (Å²) in [5, 5.41) is 25.6. The molecule has 0 spiro atoms. The van der Waals surface area contributed by atoms with Gasteiger partial charge in [0.2, 0.25) is 0 Å². The van der Waals surface area contributed by atoms with Gasteiger partial charge in [-0.05, 0) is 38.1 Å². The van der Waals surface area contributed by atoms with Crippen LogP contribution < -0.4 is 0 Å². The van der Waals surface area contributed by atoms with Gasteiger partial charge in [0.25, 0.3) is 0 Å². The van der Waals surface area contributed by atoms with E-state index >= 15 is 0 Å². The number of aromatic nitrogens is 5. The van der Waals surface area contributed by atoms with Crippen LogP contribution in [-0.2, 0) is 12.1 Å². The van der Waals surface area contributed by atoms with Crippen molar-refractivity contribution in [2.45, 2.75) is 26.0 Å². The number of benzene rings is 1. The molecule has 4 heterocycles. The number of hydrogen-bond acceptors (Lipinski definition) is 5. The second kappa shape index (κ2) is 7.85. The number of nitrogens with zero attached hydrogens (tertiary/aromatic N) is 6. The van der Waals surface area contributed by atoms with Crippen LogP contribution in [0.3, 0.4) is 0 Å². The van der Waals surface area contributed by atoms with Gasteiger partial charge in [0.1, 0.15) is 11.2 Å². The van der Waals surface area contributed by atoms with E-state index in [4.69, 9.17) is 28.2 Å². The molecule has 5 aromatic rings. The number of imidazole rings is 1. The molecular weight excluding hydrogens is 459 g/mol. The van der Waals surface area contributed by atoms with Gasteiger partial charge in [-0.3, -0.25) is 9.67 Å². The Balaban J connectivity index is 1.73. The maximum Gasteiger partial charge on any atom is 0.147 e. The lowest BCUT2D eigenvalue weighted by Gasteiger charge is -2.15. The SMILES string of the molecule is CC(C)(C#N)n1cc(-c2cnc3ccn4c(CO)c(-c5c(Cl)cccc5Cl)nc4c3c2)cn1. The summed E-state index contributed by atoms with van der Waals surface area (Å²) in [6, 6.07) is 11.3. The van der Waals surface area contributed by atoms with Gasteiger partial charge >= 0.3 is 0 Å². The Morgan fingerprint density at radius 1 is 1.12 bits per heavy atom. The molecule has 0 aliphatic heterocycles. The third-order valence-electron chi connectivity index (χ3n) is 5.66. The summed E-state index contributed by atoms with van der Waals surface area (Å²) < 4.78 is 3.45. The Morgan fingerprint density at radius 3 is 2.58 bits per heavy atom. The molecule has 7 nitrogen and oxygen atoms in total. The normalized spacial score (nSPS) is 11.9. The lowest BCUT2D eigenvalue weighted by molar-refractivity contribution is 0.276. The number of fused-ring (bicyclic) bond motifs is 3. The second-order valence-electron chi connectivity index (χ2n) is 8.17. The van der Waals surface area contributed by atoms with Gasteiger partial charge < -0.3 is 9.51 Å². The lowest BCUT2D eigenvalue weighted by atomic mass is 10.1. The summed E-state index contributed by atoms with van der Waals surface area (Å²) in [6.07, 6.45) is 7.12. The van der Waals surface area contributed by atoms with Gasteiger partial charge in [0, 0.05) is 40.7 Å². The topological polar surface area (TPSA) is 92.0 Å². The third kappa shape index (κ3) is 3.44. The van der Waals surface area contributed by atoms with Crippen molar-refractivity contribution in [3.8, 4) is 28.5 Å². The largest absolute Gasteiger partial charge is 0.390 e. The van der Waals surface area contributed by atoms with Crippen LogP contribution in [-0.4, -0.2) is 29.3 Å². The fourth-order valence-electron chi connectivity index (χ4n) is 3.81. The average molecular weight is 477 g/mol. The summed E-state index contributed by atoms with van der Waals surface area (Å²) in [4.78, 5) is 9.43. The molecule has 0 radical (unpaired) electrons. The summed E-state index contributed by atoms with van der Waals surface area (Å²) in [6.45, 7) is 3.36. The molecule has 0 saturated heterocycles. The highest BCUT2D eigenvalue weighted by molar-refractivity contribution is 6.39. The van der Waals surface area contributed by atoms with Gasteiger partial charge in [0.15, 0.2) is 0 Å². The van der Waals surface area contributed by atoms with Gasteiger partial charge in [-0.15, -0.1) is 0 Å². The molecule has 0 saturated carbocycles. The lowest BCUT2D eigenvalue weighted by Crippen LogP contribution is -2.24. The summed E-state index contributed by atoms with van der Waals surface area (Å²) >= 11 is 12.9. The van der Waals surface area contributed by atoms with Crippen LogP contribution in [0.25, 0.3) is 38.9 Å². The van der Waals surface area contributed by atoms with Crippen LogP contribution in [0.4, 0.5) is 0 Å². The highest BCUT2D eigenvalue weighted by atomic mass is 35.5. The molecule has 33 heavy (non-hydrogen) atoms. The van der Waals surface area contributed by atoms with E-state index in [-0.39, 0.29) is 6.61 Å². The molecule has 4 aromatic heterocycles. The van der Waals surface area contributed by atoms with Crippen LogP contribution in [0, 0.1) is 11.3 Å². The Bertz CT molecular complexity index is 1560. The van der Waals surface area contributed by atoms with Crippen molar-refractivity contribution >= 4 is 39.8 Å². The molecule has 0 amide bonds. The third-order valence-corrected chi connectivity index (χ3v) is 6.29. The first-order valence-electron chi connectivity index (χ1n) is 10.2. The Kier molecular flexibility index (Phi) is 5.09. The number of aliphatic hydroxyl groups excluding tert-OH is 1. The van der Waals surface area contributed by atoms with E-state index in [0.29, 0.717) is 32.6 Å². The van der Waals surface area contributed by atoms with E-state index in [1.165, 1.54) is 0 Å². The predicted molar refractivity (Wildman–Crippen MR) is 128 cm³/mol. The fraction of sp³-hybridized carbons (Fsp3) is 0.167. The van der Waals surface area contributed by atoms with E-state index in [1.807, 2.05) is 28.9 Å². The number of rotatable bonds is 4. The van der Waals surface area contributed by atoms with E-state index < -0.39 is 5.54 Å². The number of nitriles is 1. The second-order valence-corrected chi connectivity index (χ2v) is 8.99. The molecule has 9 heteroatoms. The molecule has 0 bridgehead atoms. The van der Waals surface area contributed by atoms with Gasteiger partial charge in [0.05, 0.1) is 45.8 Å². The predicted octanol–water partition coefficient (Wildman–Crippen LogP) is 5.47. The smallest absolute Gasteiger partial charge is 0.147 e. The maximum atomic E-state index is 10.2. The zero-order valence-corrected chi connectivity index (χ0v) is 19.3. The highest BCUT2D eigenvalue weighted by Crippen LogP contribution is 2.37. The van der Waals surface area contributed by atoms with E-state index in [1.54, 1.807) is 49.1 Å². The number of aliphatic hydroxyl groups is 1. The fourth-order valence-corrected chi connectivity index (χ4v) is 4.39. The quantitative estimate of drug-likeness (QED) is 0.371. The number of pyridine rings is 2. The van der Waals surface area contributed by atoms with E-state index in [2.05, 4.69) is 16.2 Å². The Labute approximate surface area is 199 Å². The zero-order valence-electron chi connectivity index (χ0n) is 17.8. The minimum absolute atomic E-state index is 0.243. The minimum Gasteiger partial charge on any atom is -0.390 e. The summed E-state index contributed by atoms with van der Waals surface area (Å²) in [5.41, 5.74) is 3.96. The van der Waals surface area contributed by atoms with Crippen LogP contribution >= 0.6 is 23.2 Å². The first kappa shape index (κ1) is 21.4. The molecule has 1 N–H and O–H groups in total. The van der Waals surface area contributed by atoms with Crippen molar-refractivity contribution in [3.05, 3.63) is 70.9 Å². The van der Waals surface area contributed by atoms with Crippen LogP contribution in [0.1, 0.15) is 19.5 Å². The highest BCUT2D eigenvalue weighted by Gasteiger charge is 2.22. The molecule has 0 fully saturated rings. The van der Waals surface area contributed by atoms with Crippen molar-refractivity contribution in [2.24, 2.45) is 0 Å². The molecule has 0 aliphatic carbocycles. The zero-order chi connectivity index (χ0) is 23.3. The first-order chi connectivity index (χ1) is 15.8. The Morgan fingerprint density at radius 2 is 1.88 bits per heavy atom. The van der Waals surface area contributed by atoms with E-state index in [0.717, 1.165) is 22.0 Å². The van der Waals surface area contributed by atoms with Gasteiger partial charge in [-0.1, -0.05) is 29.3 Å². The molecular formula is C24H18Cl2N6O. The summed E-state index contributed by atoms with van der Waals surface area (Å²) in [7, 11) is 0. The number of halogens is 2. The van der Waals surface area contributed by atoms with Crippen molar-refractivity contribution in [3.63, 3.8) is 0 Å². The minimum atomic E-state index is -0.766. The van der Waals surface area contributed by atoms with Crippen molar-refractivity contribution < 1.29 is 5.11 Å². The van der Waals surface area contributed by atoms with Crippen LogP contribution in [0.5, 0.6) is 0 Å². The van der Waals surface area contributed by atoms with Crippen LogP contribution in [0.2, 0.25) is 10.0 Å². The van der Waals surface area contributed by atoms with Gasteiger partial charge in [-0.2, -0.15) is 10.4 Å². The van der Waals surface area contributed by atoms with Crippen LogP contribution in [0.15, 0.2) is 55.1 Å². The molecule has 164 valence electrons. The summed E-state index contributed by atoms with van der Waals surface area (Å²) in [5.74, 6) is 0. The first-order valence-corrected chi connectivity index (χ1v) is 10.9. The van der Waals surface area contributed by atoms with Crippen molar-refractivity contribution in [2.75, 3.05) is 0 Å². The average Bonchev–Trinajstić information content (AvgIpc) is 3.44. The molecule has 0 atom stereocenters. The number of hydrogen-bond donors (Lipinski definition) is 1. The molecule has 5 rings (SSSR count). The van der Waals surface area contributed by atoms with Crippen molar-refractivity contribution in [1.29, 1.82) is 5.26 Å². The standard InChI is InChI=1S/C24H18Cl2N6O/c1-24(2,13-27)32-11-15(10-29-32)14-8-16-19(28-9-14)6-7-31-20(12-33)22(30-23(16)31)21-17(25)4-3-5-18(21)26/h3-11,33H,12H2,1-2H3. The van der Waals surface area contributed by atoms with Gasteiger partial charge in [-0.25, -0.2) is 4.98 Å². The molecule has 0 aliphatic rings. The maximum absolute atomic E-state index is 10.2. The molecule has 0 unspecified atom stereocenters. The Hall–Kier alpha value is -3.44. The molecule has 1 aromatic carbocycles.